The molecule has 0 aromatic heterocycles. The number of nitrogens with one attached hydrogen (secondary N) is 2. The minimum atomic E-state index is 0. The number of hydrogen-bond donors (Lipinski definition) is 2. The second kappa shape index (κ2) is 12.1. The van der Waals surface area contributed by atoms with Crippen LogP contribution in [0.3, 0.4) is 0 Å². The maximum Gasteiger partial charge on any atom is 0.222 e. The molecule has 1 saturated heterocycles. The lowest BCUT2D eigenvalue weighted by Crippen LogP contribution is -2.39. The number of nitrogens with zero attached hydrogens (tertiary/aromatic N) is 2. The highest BCUT2D eigenvalue weighted by molar-refractivity contribution is 14.0. The Kier molecular flexibility index (Phi) is 9.87. The van der Waals surface area contributed by atoms with Crippen molar-refractivity contribution in [1.82, 2.24) is 15.5 Å². The van der Waals surface area contributed by atoms with Crippen LogP contribution in [0.15, 0.2) is 29.3 Å². The Morgan fingerprint density at radius 3 is 2.82 bits per heavy atom. The van der Waals surface area contributed by atoms with Gasteiger partial charge < -0.3 is 20.3 Å². The number of rotatable bonds is 10. The van der Waals surface area contributed by atoms with Gasteiger partial charge in [0, 0.05) is 38.2 Å². The predicted octanol–water partition coefficient (Wildman–Crippen LogP) is 3.16. The molecule has 0 bridgehead atoms. The average Bonchev–Trinajstić information content (AvgIpc) is 3.43. The first-order valence-electron chi connectivity index (χ1n) is 10.3. The van der Waals surface area contributed by atoms with Gasteiger partial charge >= 0.3 is 0 Å². The van der Waals surface area contributed by atoms with Crippen molar-refractivity contribution in [2.75, 3.05) is 32.8 Å². The highest BCUT2D eigenvalue weighted by Gasteiger charge is 2.22. The second-order valence-corrected chi connectivity index (χ2v) is 7.32. The van der Waals surface area contributed by atoms with E-state index in [-0.39, 0.29) is 24.0 Å². The Labute approximate surface area is 185 Å². The fourth-order valence-electron chi connectivity index (χ4n) is 3.19. The van der Waals surface area contributed by atoms with E-state index >= 15 is 0 Å². The van der Waals surface area contributed by atoms with Crippen LogP contribution in [-0.4, -0.2) is 49.6 Å². The Morgan fingerprint density at radius 2 is 2.11 bits per heavy atom. The van der Waals surface area contributed by atoms with E-state index in [4.69, 9.17) is 9.73 Å². The SMILES string of the molecule is CCNC(=NCc1ccccc1OCC1CC1)NCCCN1CCCC1=O.I. The number of para-hydroxylation sites is 1. The number of halogens is 1. The fraction of sp³-hybridized carbons (Fsp3) is 0.619. The number of ether oxygens (including phenoxy) is 1. The molecular formula is C21H33IN4O2. The third-order valence-electron chi connectivity index (χ3n) is 4.96. The Balaban J connectivity index is 0.00000280. The number of guanidine groups is 1. The first-order chi connectivity index (χ1) is 13.3. The molecule has 2 fully saturated rings. The van der Waals surface area contributed by atoms with Gasteiger partial charge in [-0.15, -0.1) is 24.0 Å². The van der Waals surface area contributed by atoms with Gasteiger partial charge in [-0.3, -0.25) is 4.79 Å². The van der Waals surface area contributed by atoms with Crippen LogP contribution in [0.5, 0.6) is 5.75 Å². The number of hydrogen-bond acceptors (Lipinski definition) is 3. The van der Waals surface area contributed by atoms with E-state index in [1.54, 1.807) is 0 Å². The summed E-state index contributed by atoms with van der Waals surface area (Å²) in [7, 11) is 0. The summed E-state index contributed by atoms with van der Waals surface area (Å²) < 4.78 is 5.97. The van der Waals surface area contributed by atoms with E-state index in [1.165, 1.54) is 12.8 Å². The molecule has 1 amide bonds. The summed E-state index contributed by atoms with van der Waals surface area (Å²) in [4.78, 5) is 18.3. The molecule has 156 valence electrons. The predicted molar refractivity (Wildman–Crippen MR) is 123 cm³/mol. The van der Waals surface area contributed by atoms with Crippen molar-refractivity contribution in [3.8, 4) is 5.75 Å². The highest BCUT2D eigenvalue weighted by atomic mass is 127. The Bertz CT molecular complexity index is 649. The summed E-state index contributed by atoms with van der Waals surface area (Å²) in [6.45, 7) is 6.81. The zero-order valence-corrected chi connectivity index (χ0v) is 19.1. The molecule has 1 aliphatic heterocycles. The molecule has 6 nitrogen and oxygen atoms in total. The molecule has 1 heterocycles. The molecule has 1 aromatic carbocycles. The molecule has 1 saturated carbocycles. The number of benzene rings is 1. The van der Waals surface area contributed by atoms with Crippen molar-refractivity contribution in [3.05, 3.63) is 29.8 Å². The zero-order valence-electron chi connectivity index (χ0n) is 16.8. The van der Waals surface area contributed by atoms with E-state index in [9.17, 15) is 4.79 Å². The van der Waals surface area contributed by atoms with Crippen LogP contribution in [0, 0.1) is 5.92 Å². The molecule has 0 radical (unpaired) electrons. The lowest BCUT2D eigenvalue weighted by atomic mass is 10.2. The number of aliphatic imine (C=N–C) groups is 1. The van der Waals surface area contributed by atoms with Crippen LogP contribution in [0.25, 0.3) is 0 Å². The Hall–Kier alpha value is -1.51. The zero-order chi connectivity index (χ0) is 18.9. The molecular weight excluding hydrogens is 467 g/mol. The third kappa shape index (κ3) is 7.48. The van der Waals surface area contributed by atoms with E-state index < -0.39 is 0 Å². The van der Waals surface area contributed by atoms with E-state index in [2.05, 4.69) is 23.6 Å². The molecule has 7 heteroatoms. The van der Waals surface area contributed by atoms with E-state index in [1.807, 2.05) is 23.1 Å². The molecule has 0 unspecified atom stereocenters. The Morgan fingerprint density at radius 1 is 1.29 bits per heavy atom. The van der Waals surface area contributed by atoms with Gasteiger partial charge in [0.15, 0.2) is 5.96 Å². The van der Waals surface area contributed by atoms with Gasteiger partial charge in [0.2, 0.25) is 5.91 Å². The molecule has 0 spiro atoms. The average molecular weight is 500 g/mol. The van der Waals surface area contributed by atoms with Crippen molar-refractivity contribution in [2.24, 2.45) is 10.9 Å². The smallest absolute Gasteiger partial charge is 0.222 e. The summed E-state index contributed by atoms with van der Waals surface area (Å²) in [6, 6.07) is 8.15. The van der Waals surface area contributed by atoms with Crippen LogP contribution >= 0.6 is 24.0 Å². The standard InChI is InChI=1S/C21H32N4O2.HI/c1-2-22-21(23-12-6-14-25-13-5-9-20(25)26)24-15-18-7-3-4-8-19(18)27-16-17-10-11-17;/h3-4,7-8,17H,2,5-6,9-16H2,1H3,(H2,22,23,24);1H. The maximum absolute atomic E-state index is 11.7. The number of likely N-dealkylation sites (tertiary alicyclic amines) is 1. The van der Waals surface area contributed by atoms with Crippen LogP contribution in [-0.2, 0) is 11.3 Å². The van der Waals surface area contributed by atoms with Gasteiger partial charge in [-0.05, 0) is 44.6 Å². The van der Waals surface area contributed by atoms with Crippen LogP contribution < -0.4 is 15.4 Å². The molecule has 3 rings (SSSR count). The topological polar surface area (TPSA) is 66.0 Å². The van der Waals surface area contributed by atoms with Gasteiger partial charge in [0.05, 0.1) is 13.2 Å². The summed E-state index contributed by atoms with van der Waals surface area (Å²) in [5, 5.41) is 6.66. The van der Waals surface area contributed by atoms with Gasteiger partial charge in [0.25, 0.3) is 0 Å². The number of carbonyl (C=O) groups is 1. The molecule has 1 aliphatic carbocycles. The van der Waals surface area contributed by atoms with Crippen molar-refractivity contribution in [2.45, 2.75) is 45.6 Å². The molecule has 2 N–H and O–H groups in total. The minimum absolute atomic E-state index is 0. The summed E-state index contributed by atoms with van der Waals surface area (Å²) >= 11 is 0. The van der Waals surface area contributed by atoms with Gasteiger partial charge in [-0.25, -0.2) is 4.99 Å². The number of carbonyl (C=O) groups excluding carboxylic acids is 1. The number of amides is 1. The second-order valence-electron chi connectivity index (χ2n) is 7.32. The van der Waals surface area contributed by atoms with Crippen molar-refractivity contribution < 1.29 is 9.53 Å². The molecule has 0 atom stereocenters. The normalized spacial score (nSPS) is 16.7. The molecule has 28 heavy (non-hydrogen) atoms. The third-order valence-corrected chi connectivity index (χ3v) is 4.96. The fourth-order valence-corrected chi connectivity index (χ4v) is 3.19. The van der Waals surface area contributed by atoms with Crippen molar-refractivity contribution in [3.63, 3.8) is 0 Å². The summed E-state index contributed by atoms with van der Waals surface area (Å²) in [5.74, 6) is 2.78. The quantitative estimate of drug-likeness (QED) is 0.224. The van der Waals surface area contributed by atoms with Crippen LogP contribution in [0.1, 0.15) is 44.6 Å². The minimum Gasteiger partial charge on any atom is -0.493 e. The first-order valence-corrected chi connectivity index (χ1v) is 10.3. The maximum atomic E-state index is 11.7. The van der Waals surface area contributed by atoms with E-state index in [0.717, 1.165) is 68.8 Å². The van der Waals surface area contributed by atoms with Gasteiger partial charge in [0.1, 0.15) is 5.75 Å². The van der Waals surface area contributed by atoms with Crippen LogP contribution in [0.4, 0.5) is 0 Å². The first kappa shape index (κ1) is 22.8. The van der Waals surface area contributed by atoms with Gasteiger partial charge in [-0.2, -0.15) is 0 Å². The summed E-state index contributed by atoms with van der Waals surface area (Å²) in [6.07, 6.45) is 5.21. The lowest BCUT2D eigenvalue weighted by Gasteiger charge is -2.16. The molecule has 1 aromatic rings. The lowest BCUT2D eigenvalue weighted by molar-refractivity contribution is -0.127. The van der Waals surface area contributed by atoms with Crippen molar-refractivity contribution >= 4 is 35.8 Å². The van der Waals surface area contributed by atoms with Crippen LogP contribution in [0.2, 0.25) is 0 Å². The monoisotopic (exact) mass is 500 g/mol. The largest absolute Gasteiger partial charge is 0.493 e. The molecule has 2 aliphatic rings. The van der Waals surface area contributed by atoms with Crippen molar-refractivity contribution in [1.29, 1.82) is 0 Å². The van der Waals surface area contributed by atoms with Gasteiger partial charge in [-0.1, -0.05) is 18.2 Å². The van der Waals surface area contributed by atoms with E-state index in [0.29, 0.717) is 18.9 Å². The highest BCUT2D eigenvalue weighted by Crippen LogP contribution is 2.30. The summed E-state index contributed by atoms with van der Waals surface area (Å²) in [5.41, 5.74) is 1.11.